The molecule has 8 heteroatoms. The fraction of sp³-hybridized carbons (Fsp3) is 0.294. The number of aryl methyl sites for hydroxylation is 1. The zero-order chi connectivity index (χ0) is 18.6. The standard InChI is InChI=1S/C17H18N2O6/c1-4-24-17(22)14-10(2)15(18-11(14)3)13(20)9-25-16(21)12-5-7-19(23)8-6-12/h5-8,18H,4,9H2,1-3H3. The van der Waals surface area contributed by atoms with Crippen molar-refractivity contribution in [2.75, 3.05) is 13.2 Å². The molecule has 0 aliphatic heterocycles. The van der Waals surface area contributed by atoms with E-state index in [1.165, 1.54) is 12.1 Å². The lowest BCUT2D eigenvalue weighted by Crippen LogP contribution is -2.24. The summed E-state index contributed by atoms with van der Waals surface area (Å²) in [4.78, 5) is 38.9. The van der Waals surface area contributed by atoms with E-state index in [2.05, 4.69) is 4.98 Å². The van der Waals surface area contributed by atoms with E-state index in [0.717, 1.165) is 12.4 Å². The first kappa shape index (κ1) is 18.2. The number of esters is 2. The number of carbonyl (C=O) groups is 3. The highest BCUT2D eigenvalue weighted by Gasteiger charge is 2.23. The first-order chi connectivity index (χ1) is 11.8. The average molecular weight is 346 g/mol. The third-order valence-electron chi connectivity index (χ3n) is 3.57. The van der Waals surface area contributed by atoms with Gasteiger partial charge in [-0.1, -0.05) is 0 Å². The number of aromatic amines is 1. The summed E-state index contributed by atoms with van der Waals surface area (Å²) >= 11 is 0. The number of nitrogens with one attached hydrogen (secondary N) is 1. The lowest BCUT2D eigenvalue weighted by atomic mass is 10.1. The van der Waals surface area contributed by atoms with Crippen LogP contribution >= 0.6 is 0 Å². The summed E-state index contributed by atoms with van der Waals surface area (Å²) in [6, 6.07) is 2.59. The summed E-state index contributed by atoms with van der Waals surface area (Å²) in [7, 11) is 0. The molecule has 0 unspecified atom stereocenters. The third-order valence-corrected chi connectivity index (χ3v) is 3.57. The maximum Gasteiger partial charge on any atom is 0.340 e. The smallest absolute Gasteiger partial charge is 0.340 e. The molecule has 8 nitrogen and oxygen atoms in total. The van der Waals surface area contributed by atoms with Gasteiger partial charge in [-0.25, -0.2) is 9.59 Å². The number of Topliss-reactive ketones (excluding diaryl/α,β-unsaturated/α-hetero) is 1. The highest BCUT2D eigenvalue weighted by atomic mass is 16.5. The Hall–Kier alpha value is -3.16. The molecule has 0 bridgehead atoms. The van der Waals surface area contributed by atoms with E-state index in [0.29, 0.717) is 21.6 Å². The number of hydrogen-bond acceptors (Lipinski definition) is 6. The average Bonchev–Trinajstić information content (AvgIpc) is 2.88. The van der Waals surface area contributed by atoms with Crippen molar-refractivity contribution in [2.45, 2.75) is 20.8 Å². The van der Waals surface area contributed by atoms with Crippen LogP contribution in [0.3, 0.4) is 0 Å². The molecule has 2 heterocycles. The van der Waals surface area contributed by atoms with E-state index in [4.69, 9.17) is 9.47 Å². The topological polar surface area (TPSA) is 112 Å². The Bertz CT molecular complexity index is 807. The Balaban J connectivity index is 2.08. The van der Waals surface area contributed by atoms with Crippen LogP contribution < -0.4 is 4.73 Å². The van der Waals surface area contributed by atoms with Gasteiger partial charge in [-0.15, -0.1) is 0 Å². The number of pyridine rings is 1. The lowest BCUT2D eigenvalue weighted by molar-refractivity contribution is -0.605. The van der Waals surface area contributed by atoms with Crippen LogP contribution in [0.1, 0.15) is 49.4 Å². The minimum absolute atomic E-state index is 0.159. The number of H-pyrrole nitrogens is 1. The van der Waals surface area contributed by atoms with Gasteiger partial charge in [0.05, 0.1) is 23.4 Å². The van der Waals surface area contributed by atoms with E-state index in [1.807, 2.05) is 0 Å². The molecule has 0 aromatic carbocycles. The Labute approximate surface area is 144 Å². The van der Waals surface area contributed by atoms with Crippen molar-refractivity contribution >= 4 is 17.7 Å². The molecule has 0 saturated heterocycles. The Kier molecular flexibility index (Phi) is 5.53. The molecule has 0 aliphatic carbocycles. The van der Waals surface area contributed by atoms with E-state index in [9.17, 15) is 19.6 Å². The van der Waals surface area contributed by atoms with Crippen molar-refractivity contribution in [3.63, 3.8) is 0 Å². The number of aromatic nitrogens is 2. The van der Waals surface area contributed by atoms with Gasteiger partial charge in [-0.2, -0.15) is 4.73 Å². The van der Waals surface area contributed by atoms with E-state index in [-0.39, 0.29) is 17.9 Å². The fourth-order valence-electron chi connectivity index (χ4n) is 2.37. The van der Waals surface area contributed by atoms with E-state index < -0.39 is 24.3 Å². The van der Waals surface area contributed by atoms with Crippen LogP contribution in [0, 0.1) is 19.1 Å². The van der Waals surface area contributed by atoms with Crippen LogP contribution in [0.15, 0.2) is 24.5 Å². The minimum Gasteiger partial charge on any atom is -0.619 e. The largest absolute Gasteiger partial charge is 0.619 e. The molecule has 0 aliphatic rings. The third kappa shape index (κ3) is 4.03. The first-order valence-corrected chi connectivity index (χ1v) is 7.60. The lowest BCUT2D eigenvalue weighted by Gasteiger charge is -2.05. The zero-order valence-electron chi connectivity index (χ0n) is 14.1. The number of carbonyl (C=O) groups excluding carboxylic acids is 3. The highest BCUT2D eigenvalue weighted by Crippen LogP contribution is 2.19. The van der Waals surface area contributed by atoms with E-state index in [1.54, 1.807) is 20.8 Å². The van der Waals surface area contributed by atoms with Crippen LogP contribution in [0.4, 0.5) is 0 Å². The molecular formula is C17H18N2O6. The van der Waals surface area contributed by atoms with Crippen molar-refractivity contribution in [2.24, 2.45) is 0 Å². The Morgan fingerprint density at radius 3 is 2.36 bits per heavy atom. The molecule has 1 N–H and O–H groups in total. The number of ether oxygens (including phenoxy) is 2. The fourth-order valence-corrected chi connectivity index (χ4v) is 2.37. The number of rotatable bonds is 6. The normalized spacial score (nSPS) is 10.4. The number of nitrogens with zero attached hydrogens (tertiary/aromatic N) is 1. The predicted molar refractivity (Wildman–Crippen MR) is 86.2 cm³/mol. The van der Waals surface area contributed by atoms with Gasteiger partial charge in [-0.3, -0.25) is 4.79 Å². The number of ketones is 1. The van der Waals surface area contributed by atoms with Crippen LogP contribution in [-0.4, -0.2) is 35.9 Å². The van der Waals surface area contributed by atoms with Crippen molar-refractivity contribution < 1.29 is 28.6 Å². The maximum atomic E-state index is 12.3. The van der Waals surface area contributed by atoms with Crippen molar-refractivity contribution in [1.82, 2.24) is 4.98 Å². The van der Waals surface area contributed by atoms with Crippen LogP contribution in [0.25, 0.3) is 0 Å². The summed E-state index contributed by atoms with van der Waals surface area (Å²) in [5.41, 5.74) is 1.61. The molecule has 2 aromatic heterocycles. The molecule has 2 rings (SSSR count). The summed E-state index contributed by atoms with van der Waals surface area (Å²) in [6.07, 6.45) is 2.31. The Morgan fingerprint density at radius 1 is 1.12 bits per heavy atom. The molecule has 0 amide bonds. The Morgan fingerprint density at radius 2 is 1.76 bits per heavy atom. The second-order valence-corrected chi connectivity index (χ2v) is 5.29. The molecule has 0 spiro atoms. The summed E-state index contributed by atoms with van der Waals surface area (Å²) < 4.78 is 10.5. The van der Waals surface area contributed by atoms with Crippen molar-refractivity contribution in [3.8, 4) is 0 Å². The van der Waals surface area contributed by atoms with Gasteiger partial charge < -0.3 is 19.7 Å². The van der Waals surface area contributed by atoms with Gasteiger partial charge in [0.1, 0.15) is 0 Å². The van der Waals surface area contributed by atoms with Gasteiger partial charge in [0, 0.05) is 17.8 Å². The minimum atomic E-state index is -0.722. The van der Waals surface area contributed by atoms with Gasteiger partial charge >= 0.3 is 11.9 Å². The highest BCUT2D eigenvalue weighted by molar-refractivity contribution is 6.03. The van der Waals surface area contributed by atoms with Crippen LogP contribution in [-0.2, 0) is 9.47 Å². The van der Waals surface area contributed by atoms with Crippen LogP contribution in [0.5, 0.6) is 0 Å². The second kappa shape index (κ2) is 7.61. The van der Waals surface area contributed by atoms with Gasteiger partial charge in [-0.05, 0) is 26.3 Å². The molecule has 25 heavy (non-hydrogen) atoms. The second-order valence-electron chi connectivity index (χ2n) is 5.29. The maximum absolute atomic E-state index is 12.3. The monoisotopic (exact) mass is 346 g/mol. The van der Waals surface area contributed by atoms with Gasteiger partial charge in [0.2, 0.25) is 5.78 Å². The predicted octanol–water partition coefficient (Wildman–Crippen LogP) is 1.48. The molecule has 0 radical (unpaired) electrons. The van der Waals surface area contributed by atoms with Gasteiger partial charge in [0.15, 0.2) is 19.0 Å². The van der Waals surface area contributed by atoms with Crippen molar-refractivity contribution in [3.05, 3.63) is 57.8 Å². The SMILES string of the molecule is CCOC(=O)c1c(C)[nH]c(C(=O)COC(=O)c2cc[n+]([O-])cc2)c1C. The summed E-state index contributed by atoms with van der Waals surface area (Å²) in [5, 5.41) is 10.9. The summed E-state index contributed by atoms with van der Waals surface area (Å²) in [5.74, 6) is -1.71. The van der Waals surface area contributed by atoms with E-state index >= 15 is 0 Å². The summed E-state index contributed by atoms with van der Waals surface area (Å²) in [6.45, 7) is 4.70. The molecule has 2 aromatic rings. The molecule has 0 fully saturated rings. The molecular weight excluding hydrogens is 328 g/mol. The van der Waals surface area contributed by atoms with Gasteiger partial charge in [0.25, 0.3) is 0 Å². The first-order valence-electron chi connectivity index (χ1n) is 7.60. The zero-order valence-corrected chi connectivity index (χ0v) is 14.1. The van der Waals surface area contributed by atoms with Crippen LogP contribution in [0.2, 0.25) is 0 Å². The molecule has 0 saturated carbocycles. The van der Waals surface area contributed by atoms with Crippen molar-refractivity contribution in [1.29, 1.82) is 0 Å². The molecule has 0 atom stereocenters. The number of hydrogen-bond donors (Lipinski definition) is 1. The quantitative estimate of drug-likeness (QED) is 0.367. The molecule has 132 valence electrons.